The Labute approximate surface area is 126 Å². The minimum absolute atomic E-state index is 0.0845. The summed E-state index contributed by atoms with van der Waals surface area (Å²) in [4.78, 5) is 11.2. The maximum Gasteiger partial charge on any atom is 0.307 e. The van der Waals surface area contributed by atoms with E-state index in [9.17, 15) is 15.1 Å². The van der Waals surface area contributed by atoms with Crippen molar-refractivity contribution in [3.05, 3.63) is 65.0 Å². The van der Waals surface area contributed by atoms with Crippen molar-refractivity contribution in [2.45, 2.75) is 13.0 Å². The van der Waals surface area contributed by atoms with Crippen LogP contribution in [0.5, 0.6) is 0 Å². The van der Waals surface area contributed by atoms with Gasteiger partial charge in [0.25, 0.3) is 0 Å². The van der Waals surface area contributed by atoms with Gasteiger partial charge in [-0.25, -0.2) is 0 Å². The zero-order chi connectivity index (χ0) is 15.3. The molecule has 110 valence electrons. The number of carboxylic acids is 1. The topological polar surface area (TPSA) is 68.5 Å². The lowest BCUT2D eigenvalue weighted by molar-refractivity contribution is -0.136. The van der Waals surface area contributed by atoms with E-state index in [1.54, 1.807) is 6.07 Å². The van der Waals surface area contributed by atoms with Crippen molar-refractivity contribution in [1.29, 1.82) is 0 Å². The fraction of sp³-hybridized carbons (Fsp3) is 0.118. The zero-order valence-corrected chi connectivity index (χ0v) is 11.7. The number of anilines is 1. The van der Waals surface area contributed by atoms with E-state index in [-0.39, 0.29) is 13.0 Å². The van der Waals surface area contributed by atoms with E-state index in [1.165, 1.54) is 0 Å². The highest BCUT2D eigenvalue weighted by Gasteiger charge is 2.25. The van der Waals surface area contributed by atoms with Crippen molar-refractivity contribution in [3.8, 4) is 5.69 Å². The van der Waals surface area contributed by atoms with E-state index in [4.69, 9.17) is 0 Å². The van der Waals surface area contributed by atoms with Crippen molar-refractivity contribution in [3.63, 3.8) is 0 Å². The number of para-hydroxylation sites is 3. The van der Waals surface area contributed by atoms with Crippen LogP contribution in [-0.2, 0) is 17.8 Å². The fourth-order valence-electron chi connectivity index (χ4n) is 3.23. The summed E-state index contributed by atoms with van der Waals surface area (Å²) in [6, 6.07) is 15.1. The molecule has 0 atom stereocenters. The van der Waals surface area contributed by atoms with Gasteiger partial charge in [0.2, 0.25) is 0 Å². The largest absolute Gasteiger partial charge is 0.758 e. The minimum Gasteiger partial charge on any atom is -0.758 e. The quantitative estimate of drug-likeness (QED) is 0.788. The molecular formula is C17H13N2O3-. The van der Waals surface area contributed by atoms with Crippen LogP contribution in [0.3, 0.4) is 0 Å². The lowest BCUT2D eigenvalue weighted by atomic mass is 10.1. The summed E-state index contributed by atoms with van der Waals surface area (Å²) in [5.41, 5.74) is 3.83. The smallest absolute Gasteiger partial charge is 0.307 e. The first kappa shape index (κ1) is 12.9. The number of aliphatic carboxylic acids is 1. The SMILES string of the molecule is O=C(O)Cc1c2n(c3ccccc13)-c1ccccc1N([O-])C2. The molecule has 2 heterocycles. The summed E-state index contributed by atoms with van der Waals surface area (Å²) in [6.07, 6.45) is -0.0845. The number of nitrogens with zero attached hydrogens (tertiary/aromatic N) is 2. The second-order valence-electron chi connectivity index (χ2n) is 5.37. The Morgan fingerprint density at radius 2 is 1.77 bits per heavy atom. The second-order valence-corrected chi connectivity index (χ2v) is 5.37. The fourth-order valence-corrected chi connectivity index (χ4v) is 3.23. The molecule has 0 radical (unpaired) electrons. The van der Waals surface area contributed by atoms with Gasteiger partial charge in [-0.3, -0.25) is 4.79 Å². The van der Waals surface area contributed by atoms with Crippen molar-refractivity contribution in [1.82, 2.24) is 4.57 Å². The highest BCUT2D eigenvalue weighted by atomic mass is 16.5. The van der Waals surface area contributed by atoms with Crippen LogP contribution in [0.2, 0.25) is 0 Å². The summed E-state index contributed by atoms with van der Waals surface area (Å²) in [6.45, 7) is 0.161. The van der Waals surface area contributed by atoms with Crippen LogP contribution in [0, 0.1) is 5.21 Å². The third-order valence-corrected chi connectivity index (χ3v) is 4.10. The van der Waals surface area contributed by atoms with Crippen LogP contribution in [0.15, 0.2) is 48.5 Å². The number of benzene rings is 2. The molecule has 5 nitrogen and oxygen atoms in total. The molecule has 22 heavy (non-hydrogen) atoms. The summed E-state index contributed by atoms with van der Waals surface area (Å²) in [5, 5.41) is 23.3. The van der Waals surface area contributed by atoms with Crippen molar-refractivity contribution < 1.29 is 9.90 Å². The number of rotatable bonds is 2. The first-order valence-electron chi connectivity index (χ1n) is 7.04. The van der Waals surface area contributed by atoms with E-state index in [0.717, 1.165) is 32.9 Å². The number of hydrogen-bond donors (Lipinski definition) is 1. The lowest BCUT2D eigenvalue weighted by Gasteiger charge is -2.37. The highest BCUT2D eigenvalue weighted by Crippen LogP contribution is 2.38. The molecule has 0 fully saturated rings. The predicted octanol–water partition coefficient (Wildman–Crippen LogP) is 3.08. The molecule has 0 spiro atoms. The van der Waals surface area contributed by atoms with Gasteiger partial charge in [-0.2, -0.15) is 0 Å². The molecule has 0 saturated heterocycles. The van der Waals surface area contributed by atoms with E-state index >= 15 is 0 Å². The predicted molar refractivity (Wildman–Crippen MR) is 84.2 cm³/mol. The van der Waals surface area contributed by atoms with Crippen LogP contribution in [0.25, 0.3) is 16.6 Å². The Balaban J connectivity index is 2.10. The molecule has 0 saturated carbocycles. The van der Waals surface area contributed by atoms with Gasteiger partial charge < -0.3 is 19.9 Å². The van der Waals surface area contributed by atoms with Crippen LogP contribution >= 0.6 is 0 Å². The molecule has 0 aliphatic carbocycles. The Kier molecular flexibility index (Phi) is 2.71. The number of hydrogen-bond acceptors (Lipinski definition) is 3. The zero-order valence-electron chi connectivity index (χ0n) is 11.7. The van der Waals surface area contributed by atoms with E-state index in [1.807, 2.05) is 47.0 Å². The molecule has 0 unspecified atom stereocenters. The Morgan fingerprint density at radius 1 is 1.09 bits per heavy atom. The first-order valence-corrected chi connectivity index (χ1v) is 7.04. The molecule has 0 amide bonds. The van der Waals surface area contributed by atoms with Crippen LogP contribution < -0.4 is 5.06 Å². The molecule has 4 rings (SSSR count). The summed E-state index contributed by atoms with van der Waals surface area (Å²) in [5.74, 6) is -0.893. The van der Waals surface area contributed by atoms with Gasteiger partial charge in [-0.15, -0.1) is 0 Å². The second kappa shape index (κ2) is 4.61. The average Bonchev–Trinajstić information content (AvgIpc) is 2.82. The summed E-state index contributed by atoms with van der Waals surface area (Å²) in [7, 11) is 0. The molecule has 5 heteroatoms. The molecule has 1 aromatic heterocycles. The van der Waals surface area contributed by atoms with Gasteiger partial charge in [0.05, 0.1) is 23.3 Å². The highest BCUT2D eigenvalue weighted by molar-refractivity contribution is 5.92. The maximum absolute atomic E-state index is 12.3. The number of aromatic nitrogens is 1. The Hall–Kier alpha value is -2.79. The van der Waals surface area contributed by atoms with Crippen molar-refractivity contribution in [2.24, 2.45) is 0 Å². The van der Waals surface area contributed by atoms with E-state index < -0.39 is 5.97 Å². The molecular weight excluding hydrogens is 280 g/mol. The van der Waals surface area contributed by atoms with E-state index in [2.05, 4.69) is 0 Å². The number of hydroxylamine groups is 1. The maximum atomic E-state index is 12.3. The molecule has 0 bridgehead atoms. The molecule has 1 aliphatic heterocycles. The van der Waals surface area contributed by atoms with Gasteiger partial charge in [-0.05, 0) is 23.8 Å². The lowest BCUT2D eigenvalue weighted by Crippen LogP contribution is -2.24. The summed E-state index contributed by atoms with van der Waals surface area (Å²) < 4.78 is 2.01. The third kappa shape index (κ3) is 1.72. The van der Waals surface area contributed by atoms with Gasteiger partial charge in [0, 0.05) is 17.6 Å². The van der Waals surface area contributed by atoms with Gasteiger partial charge in [-0.1, -0.05) is 30.3 Å². The molecule has 1 aliphatic rings. The molecule has 2 aromatic carbocycles. The Bertz CT molecular complexity index is 898. The van der Waals surface area contributed by atoms with Gasteiger partial charge in [0.15, 0.2) is 0 Å². The van der Waals surface area contributed by atoms with Crippen molar-refractivity contribution >= 4 is 22.6 Å². The minimum atomic E-state index is -0.893. The number of carboxylic acid groups (broad SMARTS) is 1. The number of carbonyl (C=O) groups is 1. The van der Waals surface area contributed by atoms with Crippen LogP contribution in [-0.4, -0.2) is 15.6 Å². The number of fused-ring (bicyclic) bond motifs is 5. The third-order valence-electron chi connectivity index (χ3n) is 4.10. The van der Waals surface area contributed by atoms with E-state index in [0.29, 0.717) is 5.69 Å². The van der Waals surface area contributed by atoms with Crippen LogP contribution in [0.4, 0.5) is 5.69 Å². The average molecular weight is 293 g/mol. The van der Waals surface area contributed by atoms with Gasteiger partial charge >= 0.3 is 5.97 Å². The molecule has 3 aromatic rings. The normalized spacial score (nSPS) is 13.0. The summed E-state index contributed by atoms with van der Waals surface area (Å²) >= 11 is 0. The Morgan fingerprint density at radius 3 is 2.55 bits per heavy atom. The van der Waals surface area contributed by atoms with Crippen molar-refractivity contribution in [2.75, 3.05) is 5.06 Å². The standard InChI is InChI=1S/C17H13N2O3/c20-17(21)9-12-11-5-1-2-6-13(11)19-15-8-4-3-7-14(15)18(22)10-16(12)19/h1-8H,9-10H2,(H,20,21)/q-1. The molecule has 1 N–H and O–H groups in total. The van der Waals surface area contributed by atoms with Gasteiger partial charge in [0.1, 0.15) is 0 Å². The monoisotopic (exact) mass is 293 g/mol. The van der Waals surface area contributed by atoms with Crippen LogP contribution in [0.1, 0.15) is 11.3 Å². The first-order chi connectivity index (χ1) is 10.7.